The van der Waals surface area contributed by atoms with Crippen molar-refractivity contribution >= 4 is 38.5 Å². The number of carbonyl (C=O) groups excluding carboxylic acids is 1. The zero-order valence-electron chi connectivity index (χ0n) is 22.0. The first-order valence-electron chi connectivity index (χ1n) is 12.0. The number of nitrogens with zero attached hydrogens (tertiary/aromatic N) is 1. The highest BCUT2D eigenvalue weighted by Gasteiger charge is 2.37. The quantitative estimate of drug-likeness (QED) is 0.224. The molecule has 0 saturated carbocycles. The van der Waals surface area contributed by atoms with E-state index < -0.39 is 9.04 Å². The molecule has 1 aliphatic heterocycles. The average molecular weight is 521 g/mol. The first kappa shape index (κ1) is 26.3. The van der Waals surface area contributed by atoms with E-state index in [1.807, 2.05) is 24.3 Å². The van der Waals surface area contributed by atoms with Gasteiger partial charge in [0, 0.05) is 17.0 Å². The second-order valence-corrected chi connectivity index (χ2v) is 13.2. The predicted octanol–water partition coefficient (Wildman–Crippen LogP) is 7.67. The second kappa shape index (κ2) is 10.7. The van der Waals surface area contributed by atoms with E-state index in [1.165, 1.54) is 5.56 Å². The lowest BCUT2D eigenvalue weighted by molar-refractivity contribution is 0.0817. The molecule has 0 N–H and O–H groups in total. The van der Waals surface area contributed by atoms with Crippen molar-refractivity contribution in [3.05, 3.63) is 71.3 Å². The first-order valence-corrected chi connectivity index (χ1v) is 15.2. The van der Waals surface area contributed by atoms with Crippen molar-refractivity contribution in [1.29, 1.82) is 0 Å². The van der Waals surface area contributed by atoms with E-state index in [0.717, 1.165) is 38.8 Å². The summed E-state index contributed by atoms with van der Waals surface area (Å²) < 4.78 is 18.1. The van der Waals surface area contributed by atoms with Crippen molar-refractivity contribution in [3.8, 4) is 11.5 Å². The Balaban J connectivity index is 2.01. The fourth-order valence-corrected chi connectivity index (χ4v) is 6.86. The third kappa shape index (κ3) is 5.05. The van der Waals surface area contributed by atoms with E-state index >= 15 is 0 Å². The van der Waals surface area contributed by atoms with Gasteiger partial charge in [0.25, 0.3) is 0 Å². The van der Waals surface area contributed by atoms with Gasteiger partial charge < -0.3 is 18.8 Å². The molecule has 3 aromatic rings. The van der Waals surface area contributed by atoms with E-state index in [4.69, 9.17) is 13.9 Å². The van der Waals surface area contributed by atoms with Gasteiger partial charge in [0.15, 0.2) is 6.29 Å². The maximum Gasteiger partial charge on any atom is 0.205 e. The molecular weight excluding hydrogens is 486 g/mol. The van der Waals surface area contributed by atoms with Crippen molar-refractivity contribution in [1.82, 2.24) is 0 Å². The Hall–Kier alpha value is -2.74. The second-order valence-electron chi connectivity index (χ2n) is 10.1. The van der Waals surface area contributed by atoms with Gasteiger partial charge in [-0.2, -0.15) is 0 Å². The van der Waals surface area contributed by atoms with E-state index in [-0.39, 0.29) is 11.5 Å². The molecule has 189 valence electrons. The summed E-state index contributed by atoms with van der Waals surface area (Å²) in [5.74, 6) is 1.36. The van der Waals surface area contributed by atoms with E-state index in [0.29, 0.717) is 17.9 Å². The number of hydrogen-bond donors (Lipinski definition) is 0. The van der Waals surface area contributed by atoms with Crippen LogP contribution < -0.4 is 14.4 Å². The van der Waals surface area contributed by atoms with Crippen LogP contribution in [0.1, 0.15) is 48.4 Å². The fourth-order valence-electron chi connectivity index (χ4n) is 4.57. The van der Waals surface area contributed by atoms with E-state index in [1.54, 1.807) is 26.0 Å². The van der Waals surface area contributed by atoms with Crippen molar-refractivity contribution < 1.29 is 18.7 Å². The highest BCUT2D eigenvalue weighted by Crippen LogP contribution is 2.57. The number of rotatable bonds is 8. The molecule has 1 unspecified atom stereocenters. The van der Waals surface area contributed by atoms with Gasteiger partial charge in [-0.3, -0.25) is 4.79 Å². The molecule has 3 aromatic carbocycles. The molecule has 0 aromatic heterocycles. The average Bonchev–Trinajstić information content (AvgIpc) is 2.85. The summed E-state index contributed by atoms with van der Waals surface area (Å²) in [7, 11) is 2.29. The minimum atomic E-state index is -1.01. The van der Waals surface area contributed by atoms with Crippen LogP contribution in [-0.4, -0.2) is 29.5 Å². The summed E-state index contributed by atoms with van der Waals surface area (Å²) in [6.45, 7) is 11.6. The van der Waals surface area contributed by atoms with Crippen molar-refractivity contribution in [2.75, 3.05) is 19.1 Å². The Labute approximate surface area is 220 Å². The molecule has 5 nitrogen and oxygen atoms in total. The fraction of sp³-hybridized carbons (Fsp3) is 0.345. The summed E-state index contributed by atoms with van der Waals surface area (Å²) in [6.07, 6.45) is 0.719. The highest BCUT2D eigenvalue weighted by molar-refractivity contribution is 8.00. The molecule has 0 amide bonds. The Bertz CT molecular complexity index is 1240. The molecule has 7 heteroatoms. The molecule has 0 saturated heterocycles. The van der Waals surface area contributed by atoms with Crippen LogP contribution in [0.25, 0.3) is 0 Å². The van der Waals surface area contributed by atoms with Gasteiger partial charge in [-0.1, -0.05) is 62.9 Å². The van der Waals surface area contributed by atoms with Crippen LogP contribution in [-0.2, 0) is 11.0 Å². The van der Waals surface area contributed by atoms with Gasteiger partial charge in [0.2, 0.25) is 9.04 Å². The molecule has 1 atom stereocenters. The summed E-state index contributed by atoms with van der Waals surface area (Å²) in [6, 6.07) is 18.5. The van der Waals surface area contributed by atoms with E-state index in [9.17, 15) is 4.79 Å². The smallest absolute Gasteiger partial charge is 0.205 e. The summed E-state index contributed by atoms with van der Waals surface area (Å²) in [5.41, 5.74) is 4.66. The van der Waals surface area contributed by atoms with Gasteiger partial charge in [0.1, 0.15) is 11.5 Å². The molecule has 0 bridgehead atoms. The number of ether oxygens (including phenoxy) is 2. The predicted molar refractivity (Wildman–Crippen MR) is 149 cm³/mol. The maximum atomic E-state index is 12.3. The van der Waals surface area contributed by atoms with Crippen molar-refractivity contribution in [2.45, 2.75) is 56.3 Å². The Kier molecular flexibility index (Phi) is 7.83. The number of benzene rings is 3. The van der Waals surface area contributed by atoms with E-state index in [2.05, 4.69) is 69.1 Å². The van der Waals surface area contributed by atoms with Crippen molar-refractivity contribution in [3.63, 3.8) is 0 Å². The molecule has 1 aliphatic rings. The van der Waals surface area contributed by atoms with Crippen LogP contribution in [0.15, 0.2) is 64.4 Å². The largest absolute Gasteiger partial charge is 0.496 e. The molecule has 4 rings (SSSR count). The monoisotopic (exact) mass is 520 g/mol. The lowest BCUT2D eigenvalue weighted by Crippen LogP contribution is -2.28. The zero-order valence-corrected chi connectivity index (χ0v) is 23.9. The minimum absolute atomic E-state index is 0.169. The van der Waals surface area contributed by atoms with Crippen molar-refractivity contribution in [2.24, 2.45) is 5.41 Å². The van der Waals surface area contributed by atoms with Crippen LogP contribution in [0.3, 0.4) is 0 Å². The van der Waals surface area contributed by atoms with Gasteiger partial charge >= 0.3 is 0 Å². The standard InChI is InChI=1S/C29H34NO4SSi/c1-29(2,3)28(34-36(6)7)25-24(33-5)16-14-22-27(25)35-26-20(18-31)23(32-4)15-13-21(26)30(22)17-19-11-9-8-10-12-19/h8-16,18,28H,17H2,1-7H3. The van der Waals surface area contributed by atoms with Gasteiger partial charge in [-0.05, 0) is 48.3 Å². The summed E-state index contributed by atoms with van der Waals surface area (Å²) in [5, 5.41) is 0. The summed E-state index contributed by atoms with van der Waals surface area (Å²) in [4.78, 5) is 16.5. The molecule has 0 aliphatic carbocycles. The number of aldehydes is 1. The number of anilines is 2. The first-order chi connectivity index (χ1) is 17.2. The number of fused-ring (bicyclic) bond motifs is 2. The van der Waals surface area contributed by atoms with Gasteiger partial charge in [-0.25, -0.2) is 0 Å². The minimum Gasteiger partial charge on any atom is -0.496 e. The molecular formula is C29H34NO4SSi. The van der Waals surface area contributed by atoms with Crippen LogP contribution in [0.5, 0.6) is 11.5 Å². The lowest BCUT2D eigenvalue weighted by Gasteiger charge is -2.39. The normalized spacial score (nSPS) is 13.7. The van der Waals surface area contributed by atoms with Crippen LogP contribution >= 0.6 is 11.8 Å². The molecule has 1 heterocycles. The van der Waals surface area contributed by atoms with Crippen LogP contribution in [0, 0.1) is 5.41 Å². The van der Waals surface area contributed by atoms with Crippen LogP contribution in [0.4, 0.5) is 11.4 Å². The van der Waals surface area contributed by atoms with Gasteiger partial charge in [0.05, 0.1) is 42.2 Å². The summed E-state index contributed by atoms with van der Waals surface area (Å²) >= 11 is 1.60. The number of hydrogen-bond acceptors (Lipinski definition) is 6. The molecule has 1 radical (unpaired) electrons. The lowest BCUT2D eigenvalue weighted by atomic mass is 9.84. The highest BCUT2D eigenvalue weighted by atomic mass is 32.2. The number of carbonyl (C=O) groups is 1. The molecule has 36 heavy (non-hydrogen) atoms. The Morgan fingerprint density at radius 2 is 1.53 bits per heavy atom. The number of methoxy groups -OCH3 is 2. The maximum absolute atomic E-state index is 12.3. The molecule has 0 fully saturated rings. The zero-order chi connectivity index (χ0) is 26.0. The van der Waals surface area contributed by atoms with Gasteiger partial charge in [-0.15, -0.1) is 0 Å². The third-order valence-electron chi connectivity index (χ3n) is 6.20. The molecule has 0 spiro atoms. The third-order valence-corrected chi connectivity index (χ3v) is 8.17. The SMILES string of the molecule is COc1ccc2c(c1C=O)Sc1c(ccc(OC)c1C(O[Si](C)C)C(C)(C)C)N2Cc1ccccc1. The van der Waals surface area contributed by atoms with Crippen LogP contribution in [0.2, 0.25) is 13.1 Å². The Morgan fingerprint density at radius 1 is 0.917 bits per heavy atom. The topological polar surface area (TPSA) is 48.0 Å². The Morgan fingerprint density at radius 3 is 2.08 bits per heavy atom.